The van der Waals surface area contributed by atoms with Crippen LogP contribution in [0.5, 0.6) is 5.75 Å². The number of aryl methyl sites for hydroxylation is 1. The number of aliphatic hydroxyl groups excluding tert-OH is 1. The third kappa shape index (κ3) is 8.10. The Labute approximate surface area is 258 Å². The van der Waals surface area contributed by atoms with Gasteiger partial charge in [0.15, 0.2) is 11.0 Å². The van der Waals surface area contributed by atoms with Crippen molar-refractivity contribution < 1.29 is 24.6 Å². The minimum absolute atomic E-state index is 0.0292. The lowest BCUT2D eigenvalue weighted by Gasteiger charge is -2.15. The van der Waals surface area contributed by atoms with Gasteiger partial charge in [-0.1, -0.05) is 85.6 Å². The fourth-order valence-corrected chi connectivity index (χ4v) is 4.74. The summed E-state index contributed by atoms with van der Waals surface area (Å²) in [7, 11) is 0. The van der Waals surface area contributed by atoms with Gasteiger partial charge in [0.05, 0.1) is 12.3 Å². The fraction of sp³-hybridized carbons (Fsp3) is 0.233. The maximum absolute atomic E-state index is 12.6. The van der Waals surface area contributed by atoms with Gasteiger partial charge in [0.2, 0.25) is 0 Å². The number of amidine groups is 1. The molecule has 0 radical (unpaired) electrons. The summed E-state index contributed by atoms with van der Waals surface area (Å²) in [5.41, 5.74) is 10.4. The van der Waals surface area contributed by atoms with Gasteiger partial charge < -0.3 is 25.0 Å². The summed E-state index contributed by atoms with van der Waals surface area (Å²) in [5.74, 6) is 6.73. The summed E-state index contributed by atoms with van der Waals surface area (Å²) in [6, 6.07) is 21.1. The molecule has 0 bridgehead atoms. The molecule has 13 nitrogen and oxygen atoms in total. The molecule has 0 saturated carbocycles. The molecule has 5 N–H and O–H groups in total. The average molecular weight is 622 g/mol. The number of hydrogen-bond donors (Lipinski definition) is 3. The highest BCUT2D eigenvalue weighted by atomic mass is 35.5. The predicted octanol–water partition coefficient (Wildman–Crippen LogP) is 4.79. The van der Waals surface area contributed by atoms with Crippen molar-refractivity contribution >= 4 is 23.5 Å². The molecule has 230 valence electrons. The van der Waals surface area contributed by atoms with Gasteiger partial charge in [-0.15, -0.1) is 20.3 Å². The van der Waals surface area contributed by atoms with E-state index in [9.17, 15) is 20.0 Å². The molecule has 1 amide bonds. The van der Waals surface area contributed by atoms with Crippen molar-refractivity contribution in [3.63, 3.8) is 0 Å². The van der Waals surface area contributed by atoms with Crippen LogP contribution in [0.15, 0.2) is 77.9 Å². The molecular formula is C30H32ClN7O6. The van der Waals surface area contributed by atoms with Crippen molar-refractivity contribution in [1.82, 2.24) is 14.7 Å². The van der Waals surface area contributed by atoms with Gasteiger partial charge in [-0.25, -0.2) is 15.6 Å². The zero-order chi connectivity index (χ0) is 31.6. The summed E-state index contributed by atoms with van der Waals surface area (Å²) in [6.45, 7) is 2.08. The van der Waals surface area contributed by atoms with Gasteiger partial charge in [0.1, 0.15) is 18.2 Å². The number of amides is 1. The number of halogens is 1. The Morgan fingerprint density at radius 1 is 1.14 bits per heavy atom. The Bertz CT molecular complexity index is 1640. The van der Waals surface area contributed by atoms with E-state index >= 15 is 0 Å². The second-order valence-corrected chi connectivity index (χ2v) is 10.1. The lowest BCUT2D eigenvalue weighted by Crippen LogP contribution is -2.37. The first-order valence-electron chi connectivity index (χ1n) is 13.7. The lowest BCUT2D eigenvalue weighted by molar-refractivity contribution is -0.763. The van der Waals surface area contributed by atoms with Gasteiger partial charge >= 0.3 is 6.09 Å². The zero-order valence-electron chi connectivity index (χ0n) is 23.9. The molecule has 44 heavy (non-hydrogen) atoms. The number of rotatable bonds is 13. The van der Waals surface area contributed by atoms with Crippen molar-refractivity contribution in [1.29, 1.82) is 0 Å². The number of imidazole rings is 1. The molecule has 3 aromatic carbocycles. The molecule has 4 aromatic rings. The van der Waals surface area contributed by atoms with E-state index in [0.29, 0.717) is 33.6 Å². The summed E-state index contributed by atoms with van der Waals surface area (Å²) in [5, 5.41) is 24.2. The minimum Gasteiger partial charge on any atom is -0.408 e. The van der Waals surface area contributed by atoms with Crippen molar-refractivity contribution in [3.8, 4) is 16.9 Å². The van der Waals surface area contributed by atoms with Gasteiger partial charge in [0.25, 0.3) is 5.09 Å². The Balaban J connectivity index is 1.49. The number of carbonyl (C=O) groups is 1. The molecule has 0 aliphatic rings. The van der Waals surface area contributed by atoms with Crippen LogP contribution in [0.1, 0.15) is 48.0 Å². The molecule has 0 spiro atoms. The number of nitrogens with two attached hydrogens (primary N) is 2. The number of carbonyl (C=O) groups excluding carboxylic acids is 1. The standard InChI is InChI=1S/C30H32ClN7O6/c1-2-3-11-27-34-28(31)26(18-39)36(27)17-20-12-14-22(15-13-20)24-9-4-5-10-25(24)29(32)35-37(33)30(40)44-23-8-6-7-21(16-23)19-43-38(41)42/h4-10,12-16,39H,2-3,11,17-19,33H2,1H3,(H2,32,35). The third-order valence-corrected chi connectivity index (χ3v) is 6.96. The first-order chi connectivity index (χ1) is 21.2. The number of benzene rings is 3. The average Bonchev–Trinajstić information content (AvgIpc) is 3.32. The third-order valence-electron chi connectivity index (χ3n) is 6.66. The topological polar surface area (TPSA) is 184 Å². The van der Waals surface area contributed by atoms with Crippen molar-refractivity contribution in [2.24, 2.45) is 16.7 Å². The lowest BCUT2D eigenvalue weighted by atomic mass is 9.98. The van der Waals surface area contributed by atoms with Crippen molar-refractivity contribution in [2.45, 2.75) is 45.9 Å². The molecule has 1 aromatic heterocycles. The minimum atomic E-state index is -1.03. The van der Waals surface area contributed by atoms with Gasteiger partial charge in [-0.05, 0) is 40.8 Å². The highest BCUT2D eigenvalue weighted by molar-refractivity contribution is 6.30. The zero-order valence-corrected chi connectivity index (χ0v) is 24.7. The largest absolute Gasteiger partial charge is 0.451 e. The summed E-state index contributed by atoms with van der Waals surface area (Å²) >= 11 is 6.29. The number of hydrogen-bond acceptors (Lipinski definition) is 9. The Morgan fingerprint density at radius 3 is 2.59 bits per heavy atom. The van der Waals surface area contributed by atoms with Crippen LogP contribution in [0.2, 0.25) is 5.15 Å². The molecule has 0 saturated heterocycles. The highest BCUT2D eigenvalue weighted by Crippen LogP contribution is 2.26. The van der Waals surface area contributed by atoms with Crippen LogP contribution in [-0.2, 0) is 31.0 Å². The molecular weight excluding hydrogens is 590 g/mol. The van der Waals surface area contributed by atoms with E-state index in [1.807, 2.05) is 41.0 Å². The SMILES string of the molecule is CCCCc1nc(Cl)c(CO)n1Cc1ccc(-c2ccccc2/C(N)=N/N(N)C(=O)Oc2cccc(CO[N+](=O)[O-])c2)cc1. The Morgan fingerprint density at radius 2 is 1.89 bits per heavy atom. The van der Waals surface area contributed by atoms with Crippen molar-refractivity contribution in [2.75, 3.05) is 0 Å². The van der Waals surface area contributed by atoms with E-state index in [0.717, 1.165) is 41.8 Å². The normalized spacial score (nSPS) is 11.3. The maximum Gasteiger partial charge on any atom is 0.451 e. The predicted molar refractivity (Wildman–Crippen MR) is 164 cm³/mol. The first-order valence-corrected chi connectivity index (χ1v) is 14.1. The molecule has 0 aliphatic heterocycles. The van der Waals surface area contributed by atoms with Crippen LogP contribution in [-0.4, -0.2) is 36.8 Å². The number of aromatic nitrogens is 2. The number of hydrazone groups is 1. The Kier molecular flexibility index (Phi) is 10.9. The Hall–Kier alpha value is -4.98. The van der Waals surface area contributed by atoms with Crippen LogP contribution in [0.25, 0.3) is 11.1 Å². The van der Waals surface area contributed by atoms with E-state index in [1.54, 1.807) is 24.3 Å². The number of hydrazine groups is 1. The highest BCUT2D eigenvalue weighted by Gasteiger charge is 2.17. The summed E-state index contributed by atoms with van der Waals surface area (Å²) in [4.78, 5) is 31.8. The van der Waals surface area contributed by atoms with E-state index < -0.39 is 11.2 Å². The molecule has 14 heteroatoms. The van der Waals surface area contributed by atoms with Crippen LogP contribution >= 0.6 is 11.6 Å². The monoisotopic (exact) mass is 621 g/mol. The molecule has 4 rings (SSSR count). The maximum atomic E-state index is 12.6. The first kappa shape index (κ1) is 31.9. The molecule has 0 aliphatic carbocycles. The molecule has 0 atom stereocenters. The molecule has 0 fully saturated rings. The van der Waals surface area contributed by atoms with Crippen LogP contribution < -0.4 is 16.3 Å². The van der Waals surface area contributed by atoms with E-state index in [1.165, 1.54) is 12.1 Å². The van der Waals surface area contributed by atoms with E-state index in [4.69, 9.17) is 27.9 Å². The quantitative estimate of drug-likeness (QED) is 0.0471. The van der Waals surface area contributed by atoms with Crippen LogP contribution in [0.4, 0.5) is 4.79 Å². The van der Waals surface area contributed by atoms with Gasteiger partial charge in [-0.2, -0.15) is 0 Å². The number of unbranched alkanes of at least 4 members (excludes halogenated alkanes) is 1. The molecule has 0 unspecified atom stereocenters. The summed E-state index contributed by atoms with van der Waals surface area (Å²) < 4.78 is 7.18. The second-order valence-electron chi connectivity index (χ2n) is 9.70. The summed E-state index contributed by atoms with van der Waals surface area (Å²) in [6.07, 6.45) is 1.71. The number of nitrogens with zero attached hydrogens (tertiary/aromatic N) is 5. The van der Waals surface area contributed by atoms with Gasteiger partial charge in [0, 0.05) is 18.5 Å². The number of ether oxygens (including phenoxy) is 1. The fourth-order valence-electron chi connectivity index (χ4n) is 4.48. The second kappa shape index (κ2) is 15.0. The van der Waals surface area contributed by atoms with Crippen LogP contribution in [0.3, 0.4) is 0 Å². The van der Waals surface area contributed by atoms with Gasteiger partial charge in [-0.3, -0.25) is 0 Å². The van der Waals surface area contributed by atoms with Crippen LogP contribution in [0, 0.1) is 10.1 Å². The molecule has 1 heterocycles. The smallest absolute Gasteiger partial charge is 0.408 e. The van der Waals surface area contributed by atoms with E-state index in [2.05, 4.69) is 21.8 Å². The number of aliphatic hydroxyl groups is 1. The van der Waals surface area contributed by atoms with Crippen molar-refractivity contribution in [3.05, 3.63) is 116 Å². The van der Waals surface area contributed by atoms with E-state index in [-0.39, 0.29) is 24.8 Å².